The van der Waals surface area contributed by atoms with E-state index >= 15 is 0 Å². The Morgan fingerprint density at radius 1 is 0.492 bits per heavy atom. The summed E-state index contributed by atoms with van der Waals surface area (Å²) in [7, 11) is 0. The zero-order valence-electron chi connectivity index (χ0n) is 34.7. The zero-order chi connectivity index (χ0) is 40.3. The Hall–Kier alpha value is -6.26. The average Bonchev–Trinajstić information content (AvgIpc) is 3.49. The highest BCUT2D eigenvalue weighted by atomic mass is 15.0. The van der Waals surface area contributed by atoms with E-state index in [9.17, 15) is 0 Å². The molecule has 6 aromatic carbocycles. The van der Waals surface area contributed by atoms with Gasteiger partial charge in [-0.3, -0.25) is 4.98 Å². The van der Waals surface area contributed by atoms with Crippen LogP contribution in [0.3, 0.4) is 0 Å². The van der Waals surface area contributed by atoms with Gasteiger partial charge in [0.15, 0.2) is 11.6 Å². The molecule has 10 rings (SSSR count). The lowest BCUT2D eigenvalue weighted by atomic mass is 9.72. The predicted molar refractivity (Wildman–Crippen MR) is 244 cm³/mol. The molecule has 1 saturated carbocycles. The summed E-state index contributed by atoms with van der Waals surface area (Å²) >= 11 is 0. The average molecular weight is 767 g/mol. The van der Waals surface area contributed by atoms with Gasteiger partial charge in [-0.25, -0.2) is 15.0 Å². The maximum Gasteiger partial charge on any atom is 0.165 e. The van der Waals surface area contributed by atoms with Crippen LogP contribution < -0.4 is 0 Å². The molecule has 8 aromatic rings. The van der Waals surface area contributed by atoms with Gasteiger partial charge in [-0.05, 0) is 116 Å². The topological polar surface area (TPSA) is 51.6 Å². The molecule has 0 radical (unpaired) electrons. The van der Waals surface area contributed by atoms with Gasteiger partial charge < -0.3 is 0 Å². The van der Waals surface area contributed by atoms with Crippen LogP contribution >= 0.6 is 0 Å². The molecule has 2 unspecified atom stereocenters. The number of fused-ring (bicyclic) bond motifs is 4. The summed E-state index contributed by atoms with van der Waals surface area (Å²) in [4.78, 5) is 20.2. The standard InChI is InChI=1S/C55H50N4/c1-54(2,3)53-58-51(42-22-14-20-37(30-42)36-19-13-21-40(29-36)45-24-12-11-23-44(45)35-15-7-6-8-16-35)57-52(59-53)43-26-28-50(56-34-43)41-25-27-46-47-31-38-17-9-10-18-39(38)32-49(47)55(4,5)48(46)33-41/h6-10,13-22,25-34,44-45H,11-12,23-24H2,1-5H3. The van der Waals surface area contributed by atoms with Crippen molar-refractivity contribution in [3.05, 3.63) is 180 Å². The smallest absolute Gasteiger partial charge is 0.165 e. The van der Waals surface area contributed by atoms with Crippen molar-refractivity contribution in [2.24, 2.45) is 0 Å². The number of rotatable bonds is 6. The van der Waals surface area contributed by atoms with Crippen LogP contribution in [0.25, 0.3) is 67.1 Å². The number of hydrogen-bond acceptors (Lipinski definition) is 4. The molecule has 0 bridgehead atoms. The molecule has 2 atom stereocenters. The van der Waals surface area contributed by atoms with Crippen molar-refractivity contribution in [2.45, 2.75) is 83.0 Å². The lowest BCUT2D eigenvalue weighted by Crippen LogP contribution is -2.18. The van der Waals surface area contributed by atoms with E-state index in [1.807, 2.05) is 6.20 Å². The van der Waals surface area contributed by atoms with E-state index in [4.69, 9.17) is 19.9 Å². The molecule has 2 aromatic heterocycles. The van der Waals surface area contributed by atoms with Crippen LogP contribution in [0.15, 0.2) is 152 Å². The number of aromatic nitrogens is 4. The van der Waals surface area contributed by atoms with E-state index in [1.54, 1.807) is 0 Å². The molecular weight excluding hydrogens is 717 g/mol. The van der Waals surface area contributed by atoms with Crippen LogP contribution in [-0.2, 0) is 10.8 Å². The summed E-state index contributed by atoms with van der Waals surface area (Å²) in [6.45, 7) is 11.1. The van der Waals surface area contributed by atoms with E-state index in [2.05, 4.69) is 180 Å². The van der Waals surface area contributed by atoms with Crippen LogP contribution in [-0.4, -0.2) is 19.9 Å². The summed E-state index contributed by atoms with van der Waals surface area (Å²) < 4.78 is 0. The third-order valence-corrected chi connectivity index (χ3v) is 12.9. The molecule has 0 amide bonds. The summed E-state index contributed by atoms with van der Waals surface area (Å²) in [5.41, 5.74) is 14.1. The van der Waals surface area contributed by atoms with Crippen molar-refractivity contribution >= 4 is 10.8 Å². The Kier molecular flexibility index (Phi) is 9.12. The van der Waals surface area contributed by atoms with Gasteiger partial charge in [-0.15, -0.1) is 0 Å². The minimum absolute atomic E-state index is 0.115. The minimum Gasteiger partial charge on any atom is -0.255 e. The van der Waals surface area contributed by atoms with Gasteiger partial charge in [-0.2, -0.15) is 0 Å². The maximum atomic E-state index is 5.11. The van der Waals surface area contributed by atoms with Gasteiger partial charge in [0.05, 0.1) is 5.69 Å². The lowest BCUT2D eigenvalue weighted by Gasteiger charge is -2.32. The lowest BCUT2D eigenvalue weighted by molar-refractivity contribution is 0.386. The van der Waals surface area contributed by atoms with Crippen LogP contribution in [0.1, 0.15) is 100 Å². The van der Waals surface area contributed by atoms with Crippen LogP contribution in [0.5, 0.6) is 0 Å². The first kappa shape index (κ1) is 37.0. The molecule has 4 nitrogen and oxygen atoms in total. The van der Waals surface area contributed by atoms with Crippen molar-refractivity contribution in [1.82, 2.24) is 19.9 Å². The Morgan fingerprint density at radius 3 is 1.83 bits per heavy atom. The normalized spacial score (nSPS) is 17.1. The Morgan fingerprint density at radius 2 is 1.10 bits per heavy atom. The molecule has 290 valence electrons. The molecule has 2 heterocycles. The molecule has 0 aliphatic heterocycles. The third-order valence-electron chi connectivity index (χ3n) is 12.9. The Balaban J connectivity index is 0.959. The van der Waals surface area contributed by atoms with Crippen molar-refractivity contribution in [2.75, 3.05) is 0 Å². The second-order valence-corrected chi connectivity index (χ2v) is 18.2. The predicted octanol–water partition coefficient (Wildman–Crippen LogP) is 14.1. The highest BCUT2D eigenvalue weighted by Crippen LogP contribution is 2.51. The quantitative estimate of drug-likeness (QED) is 0.169. The van der Waals surface area contributed by atoms with E-state index in [0.29, 0.717) is 23.5 Å². The second kappa shape index (κ2) is 14.5. The van der Waals surface area contributed by atoms with E-state index in [0.717, 1.165) is 33.8 Å². The van der Waals surface area contributed by atoms with Gasteiger partial charge in [-0.1, -0.05) is 157 Å². The molecule has 4 heteroatoms. The molecule has 59 heavy (non-hydrogen) atoms. The molecule has 2 aliphatic rings. The van der Waals surface area contributed by atoms with Gasteiger partial charge in [0.25, 0.3) is 0 Å². The van der Waals surface area contributed by atoms with E-state index in [-0.39, 0.29) is 10.8 Å². The number of hydrogen-bond donors (Lipinski definition) is 0. The van der Waals surface area contributed by atoms with Crippen molar-refractivity contribution in [1.29, 1.82) is 0 Å². The Bertz CT molecular complexity index is 2850. The van der Waals surface area contributed by atoms with Gasteiger partial charge >= 0.3 is 0 Å². The number of benzene rings is 6. The first-order chi connectivity index (χ1) is 28.6. The fourth-order valence-corrected chi connectivity index (χ4v) is 9.66. The fourth-order valence-electron chi connectivity index (χ4n) is 9.66. The number of nitrogens with zero attached hydrogens (tertiary/aromatic N) is 4. The van der Waals surface area contributed by atoms with Gasteiger partial charge in [0.1, 0.15) is 5.82 Å². The highest BCUT2D eigenvalue weighted by molar-refractivity contribution is 5.94. The minimum atomic E-state index is -0.276. The van der Waals surface area contributed by atoms with Gasteiger partial charge in [0, 0.05) is 33.7 Å². The first-order valence-corrected chi connectivity index (χ1v) is 21.3. The van der Waals surface area contributed by atoms with E-state index in [1.165, 1.54) is 75.4 Å². The van der Waals surface area contributed by atoms with Crippen molar-refractivity contribution in [3.8, 4) is 56.3 Å². The van der Waals surface area contributed by atoms with Crippen molar-refractivity contribution in [3.63, 3.8) is 0 Å². The molecule has 0 spiro atoms. The summed E-state index contributed by atoms with van der Waals surface area (Å²) in [6, 6.07) is 53.4. The SMILES string of the molecule is CC(C)(C)c1nc(-c2ccc(-c3ccc4c(c3)C(C)(C)c3cc5ccccc5cc3-4)nc2)nc(-c2cccc(-c3cccc(C4CCCCC4c4ccccc4)c3)c2)n1. The van der Waals surface area contributed by atoms with Gasteiger partial charge in [0.2, 0.25) is 0 Å². The van der Waals surface area contributed by atoms with Crippen LogP contribution in [0.4, 0.5) is 0 Å². The zero-order valence-corrected chi connectivity index (χ0v) is 34.7. The molecule has 0 saturated heterocycles. The third kappa shape index (κ3) is 6.85. The van der Waals surface area contributed by atoms with E-state index < -0.39 is 0 Å². The second-order valence-electron chi connectivity index (χ2n) is 18.2. The molecule has 0 N–H and O–H groups in total. The highest BCUT2D eigenvalue weighted by Gasteiger charge is 2.36. The van der Waals surface area contributed by atoms with Crippen LogP contribution in [0.2, 0.25) is 0 Å². The maximum absolute atomic E-state index is 5.11. The summed E-state index contributed by atoms with van der Waals surface area (Å²) in [5, 5.41) is 2.56. The number of pyridine rings is 1. The van der Waals surface area contributed by atoms with Crippen LogP contribution in [0, 0.1) is 0 Å². The molecular formula is C55H50N4. The first-order valence-electron chi connectivity index (χ1n) is 21.3. The summed E-state index contributed by atoms with van der Waals surface area (Å²) in [6.07, 6.45) is 6.95. The molecule has 2 aliphatic carbocycles. The van der Waals surface area contributed by atoms with Crippen molar-refractivity contribution < 1.29 is 0 Å². The summed E-state index contributed by atoms with van der Waals surface area (Å²) in [5.74, 6) is 3.13. The monoisotopic (exact) mass is 766 g/mol. The molecule has 1 fully saturated rings. The fraction of sp³-hybridized carbons (Fsp3) is 0.236. The largest absolute Gasteiger partial charge is 0.255 e. The Labute approximate surface area is 348 Å².